The number of amides is 1. The van der Waals surface area contributed by atoms with Crippen molar-refractivity contribution in [3.63, 3.8) is 0 Å². The van der Waals surface area contributed by atoms with Crippen molar-refractivity contribution >= 4 is 50.1 Å². The lowest BCUT2D eigenvalue weighted by atomic mass is 10.1. The molecule has 4 rings (SSSR count). The van der Waals surface area contributed by atoms with Crippen LogP contribution in [0, 0.1) is 0 Å². The van der Waals surface area contributed by atoms with E-state index in [9.17, 15) is 9.59 Å². The van der Waals surface area contributed by atoms with Gasteiger partial charge < -0.3 is 23.9 Å². The molecule has 9 heteroatoms. The van der Waals surface area contributed by atoms with E-state index in [4.69, 9.17) is 19.0 Å². The first-order valence-electron chi connectivity index (χ1n) is 8.56. The Balaban J connectivity index is 1.76. The van der Waals surface area contributed by atoms with Crippen molar-refractivity contribution in [3.8, 4) is 16.2 Å². The molecule has 1 aliphatic rings. The fourth-order valence-corrected chi connectivity index (χ4v) is 5.02. The van der Waals surface area contributed by atoms with Gasteiger partial charge >= 0.3 is 5.97 Å². The summed E-state index contributed by atoms with van der Waals surface area (Å²) in [6.45, 7) is 1.41. The Morgan fingerprint density at radius 1 is 1.25 bits per heavy atom. The number of carboxylic acid groups (broad SMARTS) is 1. The van der Waals surface area contributed by atoms with E-state index in [1.54, 1.807) is 11.2 Å². The van der Waals surface area contributed by atoms with Crippen LogP contribution in [0.5, 0.6) is 5.75 Å². The molecule has 1 aliphatic heterocycles. The number of aliphatic carboxylic acids is 1. The summed E-state index contributed by atoms with van der Waals surface area (Å²) in [7, 11) is 0. The lowest BCUT2D eigenvalue weighted by molar-refractivity contribution is -0.139. The van der Waals surface area contributed by atoms with Crippen LogP contribution in [-0.4, -0.2) is 54.8 Å². The monoisotopic (exact) mass is 465 g/mol. The van der Waals surface area contributed by atoms with Gasteiger partial charge in [0, 0.05) is 18.5 Å². The van der Waals surface area contributed by atoms with Crippen LogP contribution in [0.1, 0.15) is 9.67 Å². The predicted molar refractivity (Wildman–Crippen MR) is 107 cm³/mol. The van der Waals surface area contributed by atoms with Gasteiger partial charge in [0.05, 0.1) is 28.8 Å². The van der Waals surface area contributed by atoms with E-state index < -0.39 is 12.6 Å². The zero-order valence-corrected chi connectivity index (χ0v) is 17.0. The maximum Gasteiger partial charge on any atom is 0.341 e. The van der Waals surface area contributed by atoms with Crippen molar-refractivity contribution in [3.05, 3.63) is 39.9 Å². The molecule has 1 N–H and O–H groups in total. The Morgan fingerprint density at radius 3 is 2.79 bits per heavy atom. The fourth-order valence-electron chi connectivity index (χ4n) is 3.00. The van der Waals surface area contributed by atoms with Crippen molar-refractivity contribution in [1.29, 1.82) is 0 Å². The Bertz CT molecular complexity index is 1040. The van der Waals surface area contributed by atoms with E-state index >= 15 is 0 Å². The van der Waals surface area contributed by atoms with Crippen LogP contribution in [0.2, 0.25) is 0 Å². The molecular weight excluding hydrogens is 450 g/mol. The number of carboxylic acids is 1. The summed E-state index contributed by atoms with van der Waals surface area (Å²) in [5.41, 5.74) is 1.65. The highest BCUT2D eigenvalue weighted by atomic mass is 79.9. The van der Waals surface area contributed by atoms with Gasteiger partial charge in [0.25, 0.3) is 5.91 Å². The number of rotatable bonds is 5. The number of thiophene rings is 1. The molecular formula is C19H16BrNO6S. The number of hydrogen-bond donors (Lipinski definition) is 1. The SMILES string of the molecule is O=C(O)COc1c(C(=O)N2CCOCC2)sc(-c2ccc3occc3c2)c1Br. The molecule has 7 nitrogen and oxygen atoms in total. The van der Waals surface area contributed by atoms with Gasteiger partial charge in [0.1, 0.15) is 10.5 Å². The molecule has 28 heavy (non-hydrogen) atoms. The summed E-state index contributed by atoms with van der Waals surface area (Å²) >= 11 is 4.79. The first kappa shape index (κ1) is 19.0. The zero-order chi connectivity index (χ0) is 19.7. The predicted octanol–water partition coefficient (Wildman–Crippen LogP) is 3.86. The van der Waals surface area contributed by atoms with Gasteiger partial charge in [0.2, 0.25) is 0 Å². The minimum absolute atomic E-state index is 0.190. The van der Waals surface area contributed by atoms with Gasteiger partial charge in [-0.3, -0.25) is 4.79 Å². The molecule has 0 radical (unpaired) electrons. The average molecular weight is 466 g/mol. The molecule has 1 saturated heterocycles. The third-order valence-electron chi connectivity index (χ3n) is 4.36. The number of hydrogen-bond acceptors (Lipinski definition) is 6. The molecule has 0 unspecified atom stereocenters. The Kier molecular flexibility index (Phi) is 5.38. The highest BCUT2D eigenvalue weighted by molar-refractivity contribution is 9.10. The van der Waals surface area contributed by atoms with Crippen LogP contribution in [0.3, 0.4) is 0 Å². The van der Waals surface area contributed by atoms with Crippen molar-refractivity contribution < 1.29 is 28.6 Å². The maximum atomic E-state index is 13.1. The van der Waals surface area contributed by atoms with E-state index in [-0.39, 0.29) is 11.7 Å². The quantitative estimate of drug-likeness (QED) is 0.615. The van der Waals surface area contributed by atoms with Crippen molar-refractivity contribution in [2.24, 2.45) is 0 Å². The van der Waals surface area contributed by atoms with Gasteiger partial charge in [-0.25, -0.2) is 4.79 Å². The van der Waals surface area contributed by atoms with Gasteiger partial charge in [-0.2, -0.15) is 0 Å². The minimum atomic E-state index is -1.11. The van der Waals surface area contributed by atoms with Crippen LogP contribution in [0.15, 0.2) is 39.4 Å². The molecule has 3 heterocycles. The number of halogens is 1. The molecule has 0 bridgehead atoms. The summed E-state index contributed by atoms with van der Waals surface area (Å²) < 4.78 is 16.7. The number of ether oxygens (including phenoxy) is 2. The zero-order valence-electron chi connectivity index (χ0n) is 14.6. The molecule has 0 saturated carbocycles. The largest absolute Gasteiger partial charge is 0.479 e. The summed E-state index contributed by atoms with van der Waals surface area (Å²) in [4.78, 5) is 26.9. The summed E-state index contributed by atoms with van der Waals surface area (Å²) in [6.07, 6.45) is 1.62. The Morgan fingerprint density at radius 2 is 2.04 bits per heavy atom. The second kappa shape index (κ2) is 7.94. The third kappa shape index (κ3) is 3.65. The minimum Gasteiger partial charge on any atom is -0.479 e. The molecule has 0 atom stereocenters. The van der Waals surface area contributed by atoms with Crippen LogP contribution in [0.25, 0.3) is 21.4 Å². The molecule has 0 aliphatic carbocycles. The molecule has 1 aromatic carbocycles. The second-order valence-electron chi connectivity index (χ2n) is 6.16. The number of carbonyl (C=O) groups excluding carboxylic acids is 1. The van der Waals surface area contributed by atoms with Gasteiger partial charge in [-0.15, -0.1) is 11.3 Å². The van der Waals surface area contributed by atoms with Crippen LogP contribution in [-0.2, 0) is 9.53 Å². The summed E-state index contributed by atoms with van der Waals surface area (Å²) in [5, 5.41) is 9.94. The van der Waals surface area contributed by atoms with Gasteiger partial charge in [-0.05, 0) is 45.8 Å². The van der Waals surface area contributed by atoms with E-state index in [2.05, 4.69) is 15.9 Å². The topological polar surface area (TPSA) is 89.2 Å². The van der Waals surface area contributed by atoms with Crippen LogP contribution >= 0.6 is 27.3 Å². The van der Waals surface area contributed by atoms with E-state index in [1.807, 2.05) is 24.3 Å². The molecule has 146 valence electrons. The Hall–Kier alpha value is -2.36. The highest BCUT2D eigenvalue weighted by Crippen LogP contribution is 2.46. The van der Waals surface area contributed by atoms with E-state index in [0.717, 1.165) is 21.4 Å². The third-order valence-corrected chi connectivity index (χ3v) is 6.58. The average Bonchev–Trinajstić information content (AvgIpc) is 3.30. The number of benzene rings is 1. The fraction of sp³-hybridized carbons (Fsp3) is 0.263. The number of carbonyl (C=O) groups is 2. The highest BCUT2D eigenvalue weighted by Gasteiger charge is 2.28. The summed E-state index contributed by atoms with van der Waals surface area (Å²) in [5.74, 6) is -1.04. The summed E-state index contributed by atoms with van der Waals surface area (Å²) in [6, 6.07) is 7.58. The first-order valence-corrected chi connectivity index (χ1v) is 10.2. The first-order chi connectivity index (χ1) is 13.5. The van der Waals surface area contributed by atoms with E-state index in [1.165, 1.54) is 11.3 Å². The molecule has 2 aromatic heterocycles. The number of fused-ring (bicyclic) bond motifs is 1. The van der Waals surface area contributed by atoms with Crippen LogP contribution in [0.4, 0.5) is 0 Å². The lowest BCUT2D eigenvalue weighted by Crippen LogP contribution is -2.40. The van der Waals surface area contributed by atoms with Crippen molar-refractivity contribution in [1.82, 2.24) is 4.90 Å². The second-order valence-corrected chi connectivity index (χ2v) is 7.98. The van der Waals surface area contributed by atoms with E-state index in [0.29, 0.717) is 35.7 Å². The molecule has 3 aromatic rings. The molecule has 1 fully saturated rings. The van der Waals surface area contributed by atoms with Crippen LogP contribution < -0.4 is 4.74 Å². The van der Waals surface area contributed by atoms with Gasteiger partial charge in [0.15, 0.2) is 12.4 Å². The molecule has 0 spiro atoms. The van der Waals surface area contributed by atoms with Gasteiger partial charge in [-0.1, -0.05) is 0 Å². The normalized spacial score (nSPS) is 14.4. The maximum absolute atomic E-state index is 13.1. The van der Waals surface area contributed by atoms with Crippen molar-refractivity contribution in [2.75, 3.05) is 32.9 Å². The smallest absolute Gasteiger partial charge is 0.341 e. The lowest BCUT2D eigenvalue weighted by Gasteiger charge is -2.26. The molecule has 1 amide bonds. The number of morpholine rings is 1. The van der Waals surface area contributed by atoms with Crippen molar-refractivity contribution in [2.45, 2.75) is 0 Å². The standard InChI is InChI=1S/C19H16BrNO6S/c20-15-16(27-10-14(22)23)18(19(24)21-4-7-25-8-5-21)28-17(15)12-1-2-13-11(9-12)3-6-26-13/h1-3,6,9H,4-5,7-8,10H2,(H,22,23). The Labute approximate surface area is 172 Å². The number of nitrogens with zero attached hydrogens (tertiary/aromatic N) is 1. The number of furan rings is 1.